The third-order valence-electron chi connectivity index (χ3n) is 5.59. The van der Waals surface area contributed by atoms with Crippen LogP contribution in [0.2, 0.25) is 0 Å². The Kier molecular flexibility index (Phi) is 7.10. The number of benzene rings is 2. The summed E-state index contributed by atoms with van der Waals surface area (Å²) in [5.74, 6) is -0.346. The summed E-state index contributed by atoms with van der Waals surface area (Å²) < 4.78 is 34.7. The Hall–Kier alpha value is -3.88. The van der Waals surface area contributed by atoms with E-state index >= 15 is 0 Å². The Labute approximate surface area is 194 Å². The van der Waals surface area contributed by atoms with Crippen LogP contribution < -0.4 is 14.9 Å². The van der Waals surface area contributed by atoms with E-state index in [9.17, 15) is 18.8 Å². The van der Waals surface area contributed by atoms with Gasteiger partial charge in [-0.25, -0.2) is 4.39 Å². The van der Waals surface area contributed by atoms with Gasteiger partial charge in [-0.2, -0.15) is 0 Å². The van der Waals surface area contributed by atoms with Crippen molar-refractivity contribution < 1.29 is 32.6 Å². The van der Waals surface area contributed by atoms with E-state index in [4.69, 9.17) is 18.6 Å². The minimum absolute atomic E-state index is 0.0332. The molecule has 1 aliphatic rings. The lowest BCUT2D eigenvalue weighted by Gasteiger charge is -2.30. The maximum Gasteiger partial charge on any atom is 0.309 e. The van der Waals surface area contributed by atoms with E-state index in [-0.39, 0.29) is 41.1 Å². The Morgan fingerprint density at radius 3 is 2.50 bits per heavy atom. The van der Waals surface area contributed by atoms with Crippen LogP contribution in [0.15, 0.2) is 57.9 Å². The summed E-state index contributed by atoms with van der Waals surface area (Å²) >= 11 is 0. The fraction of sp³-hybridized carbons (Fsp3) is 0.320. The number of amides is 1. The highest BCUT2D eigenvalue weighted by molar-refractivity contribution is 5.80. The monoisotopic (exact) mass is 469 g/mol. The molecule has 2 aromatic carbocycles. The molecule has 34 heavy (non-hydrogen) atoms. The molecule has 8 nitrogen and oxygen atoms in total. The Bertz CT molecular complexity index is 1230. The molecule has 9 heteroatoms. The van der Waals surface area contributed by atoms with E-state index < -0.39 is 11.2 Å². The zero-order valence-electron chi connectivity index (χ0n) is 18.6. The van der Waals surface area contributed by atoms with Crippen molar-refractivity contribution in [2.45, 2.75) is 19.8 Å². The minimum Gasteiger partial charge on any atom is -0.484 e. The van der Waals surface area contributed by atoms with E-state index in [1.165, 1.54) is 42.7 Å². The van der Waals surface area contributed by atoms with Crippen LogP contribution in [-0.2, 0) is 14.3 Å². The number of piperidine rings is 1. The van der Waals surface area contributed by atoms with Gasteiger partial charge in [0.1, 0.15) is 29.2 Å². The van der Waals surface area contributed by atoms with Crippen molar-refractivity contribution in [1.29, 1.82) is 0 Å². The second kappa shape index (κ2) is 10.4. The zero-order valence-corrected chi connectivity index (χ0v) is 18.6. The molecule has 2 heterocycles. The zero-order chi connectivity index (χ0) is 24.1. The third-order valence-corrected chi connectivity index (χ3v) is 5.59. The maximum absolute atomic E-state index is 13.1. The number of carbonyl (C=O) groups is 2. The van der Waals surface area contributed by atoms with Gasteiger partial charge in [-0.15, -0.1) is 0 Å². The molecule has 0 N–H and O–H groups in total. The first kappa shape index (κ1) is 23.3. The van der Waals surface area contributed by atoms with Gasteiger partial charge < -0.3 is 23.5 Å². The molecule has 1 fully saturated rings. The Morgan fingerprint density at radius 1 is 1.09 bits per heavy atom. The predicted octanol–water partition coefficient (Wildman–Crippen LogP) is 3.90. The van der Waals surface area contributed by atoms with Crippen LogP contribution in [0.3, 0.4) is 0 Å². The van der Waals surface area contributed by atoms with Gasteiger partial charge in [-0.1, -0.05) is 0 Å². The van der Waals surface area contributed by atoms with E-state index in [1.54, 1.807) is 17.9 Å². The summed E-state index contributed by atoms with van der Waals surface area (Å²) in [4.78, 5) is 38.7. The van der Waals surface area contributed by atoms with E-state index in [2.05, 4.69) is 0 Å². The molecule has 178 valence electrons. The number of rotatable bonds is 7. The SMILES string of the molecule is CCOC(=O)C1CCN(C(=O)COc2ccc3c(=O)c(Oc4ccc(F)cc4)coc3c2)CC1. The van der Waals surface area contributed by atoms with E-state index in [0.717, 1.165) is 0 Å². The second-order valence-electron chi connectivity index (χ2n) is 7.84. The molecule has 0 spiro atoms. The maximum atomic E-state index is 13.1. The highest BCUT2D eigenvalue weighted by atomic mass is 19.1. The first-order valence-electron chi connectivity index (χ1n) is 11.0. The third kappa shape index (κ3) is 5.36. The normalized spacial score (nSPS) is 14.1. The van der Waals surface area contributed by atoms with Gasteiger partial charge in [-0.05, 0) is 56.2 Å². The van der Waals surface area contributed by atoms with E-state index in [0.29, 0.717) is 44.0 Å². The van der Waals surface area contributed by atoms with Crippen molar-refractivity contribution >= 4 is 22.8 Å². The number of ether oxygens (including phenoxy) is 3. The van der Waals surface area contributed by atoms with Gasteiger partial charge in [0.25, 0.3) is 5.91 Å². The van der Waals surface area contributed by atoms with Gasteiger partial charge in [-0.3, -0.25) is 14.4 Å². The van der Waals surface area contributed by atoms with Crippen molar-refractivity contribution in [3.05, 3.63) is 64.8 Å². The second-order valence-corrected chi connectivity index (χ2v) is 7.84. The molecule has 0 bridgehead atoms. The van der Waals surface area contributed by atoms with Gasteiger partial charge >= 0.3 is 5.97 Å². The van der Waals surface area contributed by atoms with Gasteiger partial charge in [0, 0.05) is 19.2 Å². The van der Waals surface area contributed by atoms with Crippen molar-refractivity contribution in [3.8, 4) is 17.2 Å². The molecule has 0 radical (unpaired) electrons. The summed E-state index contributed by atoms with van der Waals surface area (Å²) in [7, 11) is 0. The topological polar surface area (TPSA) is 95.3 Å². The molecular formula is C25H24FNO7. The van der Waals surface area contributed by atoms with E-state index in [1.807, 2.05) is 0 Å². The van der Waals surface area contributed by atoms with Crippen molar-refractivity contribution in [2.24, 2.45) is 5.92 Å². The lowest BCUT2D eigenvalue weighted by atomic mass is 9.97. The number of fused-ring (bicyclic) bond motifs is 1. The van der Waals surface area contributed by atoms with Crippen molar-refractivity contribution in [2.75, 3.05) is 26.3 Å². The summed E-state index contributed by atoms with van der Waals surface area (Å²) in [5, 5.41) is 0.277. The molecule has 0 saturated carbocycles. The Balaban J connectivity index is 1.36. The van der Waals surface area contributed by atoms with Crippen LogP contribution in [0.5, 0.6) is 17.2 Å². The summed E-state index contributed by atoms with van der Waals surface area (Å²) in [6.45, 7) is 2.88. The van der Waals surface area contributed by atoms with Crippen LogP contribution in [0.25, 0.3) is 11.0 Å². The first-order chi connectivity index (χ1) is 16.4. The number of nitrogens with zero attached hydrogens (tertiary/aromatic N) is 1. The average Bonchev–Trinajstić information content (AvgIpc) is 2.86. The van der Waals surface area contributed by atoms with Gasteiger partial charge in [0.2, 0.25) is 11.2 Å². The highest BCUT2D eigenvalue weighted by Crippen LogP contribution is 2.24. The quantitative estimate of drug-likeness (QED) is 0.484. The number of halogens is 1. The molecule has 1 aromatic heterocycles. The number of hydrogen-bond donors (Lipinski definition) is 0. The van der Waals surface area contributed by atoms with Crippen LogP contribution >= 0.6 is 0 Å². The fourth-order valence-corrected chi connectivity index (χ4v) is 3.74. The summed E-state index contributed by atoms with van der Waals surface area (Å²) in [6, 6.07) is 9.90. The molecule has 1 saturated heterocycles. The van der Waals surface area contributed by atoms with Gasteiger partial charge in [0.15, 0.2) is 6.61 Å². The number of esters is 1. The lowest BCUT2D eigenvalue weighted by Crippen LogP contribution is -2.42. The molecule has 3 aromatic rings. The van der Waals surface area contributed by atoms with Crippen LogP contribution in [-0.4, -0.2) is 43.1 Å². The standard InChI is InChI=1S/C25H24FNO7/c1-2-31-25(30)16-9-11-27(12-10-16)23(28)15-32-19-7-8-20-21(13-19)33-14-22(24(20)29)34-18-5-3-17(26)4-6-18/h3-8,13-14,16H,2,9-12,15H2,1H3. The van der Waals surface area contributed by atoms with Crippen molar-refractivity contribution in [3.63, 3.8) is 0 Å². The molecule has 4 rings (SSSR count). The van der Waals surface area contributed by atoms with Crippen LogP contribution in [0, 0.1) is 11.7 Å². The summed E-state index contributed by atoms with van der Waals surface area (Å²) in [5.41, 5.74) is -0.116. The number of likely N-dealkylation sites (tertiary alicyclic amines) is 1. The molecule has 0 unspecified atom stereocenters. The molecule has 1 aliphatic heterocycles. The highest BCUT2D eigenvalue weighted by Gasteiger charge is 2.28. The average molecular weight is 469 g/mol. The smallest absolute Gasteiger partial charge is 0.309 e. The van der Waals surface area contributed by atoms with Crippen LogP contribution in [0.1, 0.15) is 19.8 Å². The molecule has 0 atom stereocenters. The largest absolute Gasteiger partial charge is 0.484 e. The Morgan fingerprint density at radius 2 is 1.79 bits per heavy atom. The molecular weight excluding hydrogens is 445 g/mol. The fourth-order valence-electron chi connectivity index (χ4n) is 3.74. The molecule has 1 amide bonds. The van der Waals surface area contributed by atoms with Gasteiger partial charge in [0.05, 0.1) is 17.9 Å². The lowest BCUT2D eigenvalue weighted by molar-refractivity contribution is -0.151. The minimum atomic E-state index is -0.412. The molecule has 0 aliphatic carbocycles. The van der Waals surface area contributed by atoms with Crippen LogP contribution in [0.4, 0.5) is 4.39 Å². The van der Waals surface area contributed by atoms with Crippen molar-refractivity contribution in [1.82, 2.24) is 4.90 Å². The first-order valence-corrected chi connectivity index (χ1v) is 11.0. The predicted molar refractivity (Wildman–Crippen MR) is 120 cm³/mol. The number of hydrogen-bond acceptors (Lipinski definition) is 7. The number of carbonyl (C=O) groups excluding carboxylic acids is 2. The summed E-state index contributed by atoms with van der Waals surface area (Å²) in [6.07, 6.45) is 2.30.